The van der Waals surface area contributed by atoms with E-state index in [4.69, 9.17) is 25.4 Å². The molecule has 1 unspecified atom stereocenters. The second kappa shape index (κ2) is 3.81. The van der Waals surface area contributed by atoms with E-state index in [1.54, 1.807) is 0 Å². The van der Waals surface area contributed by atoms with Crippen LogP contribution in [0.15, 0.2) is 0 Å². The van der Waals surface area contributed by atoms with Gasteiger partial charge < -0.3 is 13.6 Å². The molecule has 0 amide bonds. The Labute approximate surface area is 62.0 Å². The van der Waals surface area contributed by atoms with Gasteiger partial charge >= 0.3 is 0 Å². The molecule has 0 heterocycles. The summed E-state index contributed by atoms with van der Waals surface area (Å²) >= 11 is 4.79. The van der Waals surface area contributed by atoms with Crippen LogP contribution in [0.3, 0.4) is 0 Å². The van der Waals surface area contributed by atoms with Gasteiger partial charge in [0, 0.05) is 24.6 Å². The third-order valence-electron chi connectivity index (χ3n) is 0.705. The van der Waals surface area contributed by atoms with E-state index in [1.807, 2.05) is 0 Å². The maximum Gasteiger partial charge on any atom is 0.265 e. The predicted molar refractivity (Wildman–Crippen MR) is 45.6 cm³/mol. The van der Waals surface area contributed by atoms with E-state index in [0.29, 0.717) is 0 Å². The monoisotopic (exact) mass is 188 g/mol. The molecule has 6 heteroatoms. The van der Waals surface area contributed by atoms with Crippen LogP contribution in [0.2, 0.25) is 0 Å². The van der Waals surface area contributed by atoms with Gasteiger partial charge in [-0.1, -0.05) is 0 Å². The van der Waals surface area contributed by atoms with Gasteiger partial charge in [0.15, 0.2) is 0 Å². The minimum absolute atomic E-state index is 1.19. The summed E-state index contributed by atoms with van der Waals surface area (Å²) in [6.07, 6.45) is 0. The summed E-state index contributed by atoms with van der Waals surface area (Å²) in [6, 6.07) is 0. The molecule has 0 aliphatic carbocycles. The molecule has 0 aromatic rings. The van der Waals surface area contributed by atoms with Gasteiger partial charge in [-0.05, 0) is 17.7 Å². The van der Waals surface area contributed by atoms with E-state index < -0.39 is 16.1 Å². The number of hydrogen-bond acceptors (Lipinski definition) is 4. The Bertz CT molecular complexity index is 149. The number of rotatable bonds is 3. The van der Waals surface area contributed by atoms with Crippen LogP contribution in [-0.4, -0.2) is 24.6 Å². The molecule has 0 bridgehead atoms. The van der Waals surface area contributed by atoms with Crippen LogP contribution in [0, 0.1) is 0 Å². The molecule has 0 aliphatic rings. The fourth-order valence-corrected chi connectivity index (χ4v) is 1.77. The van der Waals surface area contributed by atoms with Crippen LogP contribution < -0.4 is 0 Å². The lowest BCUT2D eigenvalue weighted by Gasteiger charge is -2.15. The predicted octanol–water partition coefficient (Wildman–Crippen LogP) is 1.68. The first-order chi connectivity index (χ1) is 4.06. The highest BCUT2D eigenvalue weighted by Gasteiger charge is 2.16. The summed E-state index contributed by atoms with van der Waals surface area (Å²) < 4.78 is 18.4. The van der Waals surface area contributed by atoms with Crippen molar-refractivity contribution in [2.24, 2.45) is 0 Å². The SMILES string of the molecule is C=S(O)P(=S)(OC)OC. The highest BCUT2D eigenvalue weighted by molar-refractivity contribution is 8.72. The maximum atomic E-state index is 8.88. The molecule has 9 heavy (non-hydrogen) atoms. The molecule has 0 rings (SSSR count). The molecule has 0 aromatic heterocycles. The minimum atomic E-state index is -2.45. The van der Waals surface area contributed by atoms with E-state index in [1.165, 1.54) is 14.2 Å². The molecule has 1 atom stereocenters. The van der Waals surface area contributed by atoms with E-state index in [-0.39, 0.29) is 0 Å². The quantitative estimate of drug-likeness (QED) is 0.540. The van der Waals surface area contributed by atoms with Crippen molar-refractivity contribution in [1.29, 1.82) is 0 Å². The Balaban J connectivity index is 4.30. The lowest BCUT2D eigenvalue weighted by molar-refractivity contribution is 0.352. The smallest absolute Gasteiger partial charge is 0.265 e. The molecule has 0 radical (unpaired) electrons. The third kappa shape index (κ3) is 2.45. The first-order valence-electron chi connectivity index (χ1n) is 2.02. The Morgan fingerprint density at radius 2 is 1.89 bits per heavy atom. The Hall–Kier alpha value is 0.750. The first-order valence-corrected chi connectivity index (χ1v) is 6.61. The van der Waals surface area contributed by atoms with Crippen molar-refractivity contribution in [2.45, 2.75) is 0 Å². The van der Waals surface area contributed by atoms with E-state index in [9.17, 15) is 0 Å². The highest BCUT2D eigenvalue weighted by atomic mass is 32.9. The van der Waals surface area contributed by atoms with Crippen molar-refractivity contribution in [3.8, 4) is 0 Å². The van der Waals surface area contributed by atoms with E-state index in [0.717, 1.165) is 0 Å². The molecule has 3 nitrogen and oxygen atoms in total. The standard InChI is InChI=1S/C3H9O3PS2/c1-5-7(8,6-2)9(3)4/h4H,3H2,1-2H3. The summed E-state index contributed by atoms with van der Waals surface area (Å²) in [7, 11) is 1.63. The van der Waals surface area contributed by atoms with Crippen molar-refractivity contribution in [3.63, 3.8) is 0 Å². The fraction of sp³-hybridized carbons (Fsp3) is 0.667. The average molecular weight is 188 g/mol. The van der Waals surface area contributed by atoms with Crippen LogP contribution in [-0.2, 0) is 20.9 Å². The van der Waals surface area contributed by atoms with Crippen LogP contribution >= 0.6 is 16.1 Å². The summed E-state index contributed by atoms with van der Waals surface area (Å²) in [5, 5.41) is 0. The van der Waals surface area contributed by atoms with Gasteiger partial charge in [0.25, 0.3) is 5.69 Å². The third-order valence-corrected chi connectivity index (χ3v) is 7.00. The van der Waals surface area contributed by atoms with Gasteiger partial charge in [-0.15, -0.1) is 0 Å². The molecule has 0 spiro atoms. The van der Waals surface area contributed by atoms with Crippen molar-refractivity contribution in [1.82, 2.24) is 0 Å². The molecular weight excluding hydrogens is 179 g/mol. The zero-order valence-electron chi connectivity index (χ0n) is 5.23. The van der Waals surface area contributed by atoms with Crippen LogP contribution in [0.4, 0.5) is 0 Å². The Morgan fingerprint density at radius 3 is 1.89 bits per heavy atom. The van der Waals surface area contributed by atoms with Gasteiger partial charge in [0.2, 0.25) is 0 Å². The van der Waals surface area contributed by atoms with Gasteiger partial charge in [0.05, 0.1) is 0 Å². The second-order valence-corrected chi connectivity index (χ2v) is 8.30. The van der Waals surface area contributed by atoms with Crippen molar-refractivity contribution >= 4 is 33.8 Å². The molecule has 0 saturated carbocycles. The topological polar surface area (TPSA) is 38.7 Å². The second-order valence-electron chi connectivity index (χ2n) is 1.15. The minimum Gasteiger partial charge on any atom is -0.329 e. The lowest BCUT2D eigenvalue weighted by atomic mass is 11.8. The van der Waals surface area contributed by atoms with Crippen LogP contribution in [0.1, 0.15) is 0 Å². The van der Waals surface area contributed by atoms with Gasteiger partial charge in [-0.3, -0.25) is 0 Å². The zero-order chi connectivity index (χ0) is 7.49. The van der Waals surface area contributed by atoms with Crippen LogP contribution in [0.25, 0.3) is 0 Å². The van der Waals surface area contributed by atoms with Gasteiger partial charge in [-0.25, -0.2) is 0 Å². The molecule has 0 saturated heterocycles. The van der Waals surface area contributed by atoms with Crippen molar-refractivity contribution in [2.75, 3.05) is 14.2 Å². The highest BCUT2D eigenvalue weighted by Crippen LogP contribution is 2.61. The molecular formula is C3H9O3PS2. The first kappa shape index (κ1) is 9.75. The Kier molecular flexibility index (Phi) is 4.12. The van der Waals surface area contributed by atoms with Crippen LogP contribution in [0.5, 0.6) is 0 Å². The average Bonchev–Trinajstić information content (AvgIpc) is 1.86. The number of hydrogen-bond donors (Lipinski definition) is 1. The maximum absolute atomic E-state index is 8.88. The molecule has 1 N–H and O–H groups in total. The molecule has 0 aliphatic heterocycles. The van der Waals surface area contributed by atoms with Crippen molar-refractivity contribution < 1.29 is 13.6 Å². The summed E-state index contributed by atoms with van der Waals surface area (Å²) in [4.78, 5) is 0. The largest absolute Gasteiger partial charge is 0.329 e. The molecule has 0 fully saturated rings. The lowest BCUT2D eigenvalue weighted by Crippen LogP contribution is -1.83. The normalized spacial score (nSPS) is 15.4. The van der Waals surface area contributed by atoms with E-state index >= 15 is 0 Å². The van der Waals surface area contributed by atoms with Gasteiger partial charge in [-0.2, -0.15) is 0 Å². The Morgan fingerprint density at radius 1 is 1.56 bits per heavy atom. The van der Waals surface area contributed by atoms with E-state index in [2.05, 4.69) is 5.87 Å². The zero-order valence-corrected chi connectivity index (χ0v) is 7.76. The summed E-state index contributed by atoms with van der Waals surface area (Å²) in [5.74, 6) is 3.33. The van der Waals surface area contributed by atoms with Crippen molar-refractivity contribution in [3.05, 3.63) is 0 Å². The summed E-state index contributed by atoms with van der Waals surface area (Å²) in [6.45, 7) is 0. The fourth-order valence-electron chi connectivity index (χ4n) is 0.247. The summed E-state index contributed by atoms with van der Waals surface area (Å²) in [5.41, 5.74) is -2.45. The van der Waals surface area contributed by atoms with Gasteiger partial charge in [0.1, 0.15) is 0 Å². The molecule has 56 valence electrons. The molecule has 0 aromatic carbocycles.